The molecule has 1 heterocycles. The third-order valence-corrected chi connectivity index (χ3v) is 3.51. The molecule has 106 valence electrons. The fourth-order valence-electron chi connectivity index (χ4n) is 2.31. The molecule has 0 saturated carbocycles. The average molecular weight is 271 g/mol. The number of nitrogens with zero attached hydrogens (tertiary/aromatic N) is 1. The number of hydrogen-bond donors (Lipinski definition) is 1. The molecule has 1 aliphatic heterocycles. The second-order valence-electron chi connectivity index (χ2n) is 4.79. The Labute approximate surface area is 111 Å². The fourth-order valence-corrected chi connectivity index (χ4v) is 2.31. The Hall–Kier alpha value is -1.04. The Morgan fingerprint density at radius 1 is 1.47 bits per heavy atom. The van der Waals surface area contributed by atoms with Crippen LogP contribution in [0.3, 0.4) is 0 Å². The molecule has 0 bridgehead atoms. The van der Waals surface area contributed by atoms with Crippen LogP contribution in [-0.2, 0) is 11.2 Å². The lowest BCUT2D eigenvalue weighted by atomic mass is 10.0. The van der Waals surface area contributed by atoms with Gasteiger partial charge in [-0.05, 0) is 18.2 Å². The van der Waals surface area contributed by atoms with E-state index < -0.39 is 17.7 Å². The lowest BCUT2D eigenvalue weighted by molar-refractivity contribution is -0.0869. The number of hydrogen-bond acceptors (Lipinski definition) is 3. The van der Waals surface area contributed by atoms with E-state index in [9.17, 15) is 13.9 Å². The number of halogens is 2. The molecule has 2 atom stereocenters. The molecule has 1 aromatic carbocycles. The molecule has 0 aromatic heterocycles. The van der Waals surface area contributed by atoms with E-state index in [1.54, 1.807) is 0 Å². The molecule has 1 aliphatic rings. The maximum absolute atomic E-state index is 13.5. The van der Waals surface area contributed by atoms with E-state index >= 15 is 0 Å². The number of rotatable bonds is 4. The van der Waals surface area contributed by atoms with Gasteiger partial charge < -0.3 is 9.84 Å². The zero-order valence-corrected chi connectivity index (χ0v) is 11.0. The van der Waals surface area contributed by atoms with Crippen molar-refractivity contribution >= 4 is 0 Å². The highest BCUT2D eigenvalue weighted by atomic mass is 19.2. The number of aliphatic hydroxyl groups is 1. The highest BCUT2D eigenvalue weighted by Crippen LogP contribution is 2.17. The highest BCUT2D eigenvalue weighted by Gasteiger charge is 2.27. The van der Waals surface area contributed by atoms with E-state index in [0.717, 1.165) is 19.2 Å². The molecule has 1 fully saturated rings. The van der Waals surface area contributed by atoms with Gasteiger partial charge in [0.1, 0.15) is 0 Å². The van der Waals surface area contributed by atoms with E-state index in [-0.39, 0.29) is 18.1 Å². The molecule has 3 nitrogen and oxygen atoms in total. The molecule has 0 radical (unpaired) electrons. The van der Waals surface area contributed by atoms with Crippen LogP contribution in [0.15, 0.2) is 18.2 Å². The van der Waals surface area contributed by atoms with E-state index in [1.807, 2.05) is 6.92 Å². The van der Waals surface area contributed by atoms with Gasteiger partial charge in [-0.2, -0.15) is 0 Å². The van der Waals surface area contributed by atoms with E-state index in [4.69, 9.17) is 4.74 Å². The second kappa shape index (κ2) is 6.41. The number of benzene rings is 1. The van der Waals surface area contributed by atoms with Crippen molar-refractivity contribution in [3.8, 4) is 0 Å². The normalized spacial score (nSPS) is 22.4. The summed E-state index contributed by atoms with van der Waals surface area (Å²) in [6.45, 7) is 4.95. The van der Waals surface area contributed by atoms with Gasteiger partial charge >= 0.3 is 0 Å². The van der Waals surface area contributed by atoms with Crippen molar-refractivity contribution in [2.24, 2.45) is 0 Å². The van der Waals surface area contributed by atoms with Crippen LogP contribution in [0.5, 0.6) is 0 Å². The molecule has 1 aromatic rings. The highest BCUT2D eigenvalue weighted by molar-refractivity contribution is 5.20. The van der Waals surface area contributed by atoms with E-state index in [1.165, 1.54) is 12.1 Å². The van der Waals surface area contributed by atoms with Crippen LogP contribution < -0.4 is 0 Å². The minimum Gasteiger partial charge on any atom is -0.390 e. The van der Waals surface area contributed by atoms with Gasteiger partial charge in [0.2, 0.25) is 0 Å². The first-order chi connectivity index (χ1) is 9.11. The summed E-state index contributed by atoms with van der Waals surface area (Å²) in [6, 6.07) is 4.00. The first-order valence-electron chi connectivity index (χ1n) is 6.56. The van der Waals surface area contributed by atoms with E-state index in [0.29, 0.717) is 13.2 Å². The molecule has 5 heteroatoms. The van der Waals surface area contributed by atoms with Crippen molar-refractivity contribution < 1.29 is 18.6 Å². The quantitative estimate of drug-likeness (QED) is 0.902. The van der Waals surface area contributed by atoms with Crippen molar-refractivity contribution in [2.45, 2.75) is 25.6 Å². The Balaban J connectivity index is 2.00. The average Bonchev–Trinajstić information content (AvgIpc) is 2.44. The number of ether oxygens (including phenoxy) is 1. The SMILES string of the molecule is CCN1CCOC(C(O)Cc2cccc(F)c2F)C1. The number of likely N-dealkylation sites (N-methyl/N-ethyl adjacent to an activating group) is 1. The van der Waals surface area contributed by atoms with Crippen LogP contribution in [0.4, 0.5) is 8.78 Å². The maximum Gasteiger partial charge on any atom is 0.162 e. The van der Waals surface area contributed by atoms with Crippen LogP contribution in [0.2, 0.25) is 0 Å². The van der Waals surface area contributed by atoms with Gasteiger partial charge in [-0.1, -0.05) is 19.1 Å². The first kappa shape index (κ1) is 14.4. The monoisotopic (exact) mass is 271 g/mol. The minimum absolute atomic E-state index is 0.0613. The van der Waals surface area contributed by atoms with Crippen LogP contribution in [-0.4, -0.2) is 48.5 Å². The molecule has 1 N–H and O–H groups in total. The van der Waals surface area contributed by atoms with Gasteiger partial charge in [0, 0.05) is 19.5 Å². The topological polar surface area (TPSA) is 32.7 Å². The molecular weight excluding hydrogens is 252 g/mol. The number of aliphatic hydroxyl groups excluding tert-OH is 1. The van der Waals surface area contributed by atoms with Gasteiger partial charge in [0.05, 0.1) is 18.8 Å². The molecule has 2 rings (SSSR count). The fraction of sp³-hybridized carbons (Fsp3) is 0.571. The summed E-state index contributed by atoms with van der Waals surface area (Å²) in [5.74, 6) is -1.77. The van der Waals surface area contributed by atoms with Crippen molar-refractivity contribution in [3.63, 3.8) is 0 Å². The molecule has 0 aliphatic carbocycles. The van der Waals surface area contributed by atoms with Gasteiger partial charge in [-0.3, -0.25) is 4.90 Å². The molecule has 1 saturated heterocycles. The van der Waals surface area contributed by atoms with Gasteiger partial charge in [-0.15, -0.1) is 0 Å². The van der Waals surface area contributed by atoms with Crippen LogP contribution >= 0.6 is 0 Å². The minimum atomic E-state index is -0.885. The van der Waals surface area contributed by atoms with Crippen molar-refractivity contribution in [1.82, 2.24) is 4.90 Å². The molecule has 0 amide bonds. The summed E-state index contributed by atoms with van der Waals surface area (Å²) in [6.07, 6.45) is -1.12. The molecule has 2 unspecified atom stereocenters. The van der Waals surface area contributed by atoms with Gasteiger partial charge in [-0.25, -0.2) is 8.78 Å². The summed E-state index contributed by atoms with van der Waals surface area (Å²) < 4.78 is 32.1. The Bertz CT molecular complexity index is 428. The predicted octanol–water partition coefficient (Wildman–Crippen LogP) is 1.59. The maximum atomic E-state index is 13.5. The van der Waals surface area contributed by atoms with Crippen LogP contribution in [0.25, 0.3) is 0 Å². The van der Waals surface area contributed by atoms with Crippen molar-refractivity contribution in [3.05, 3.63) is 35.4 Å². The molecule has 0 spiro atoms. The van der Waals surface area contributed by atoms with Gasteiger partial charge in [0.15, 0.2) is 11.6 Å². The zero-order valence-electron chi connectivity index (χ0n) is 11.0. The second-order valence-corrected chi connectivity index (χ2v) is 4.79. The molecular formula is C14H19F2NO2. The third kappa shape index (κ3) is 3.49. The molecule has 19 heavy (non-hydrogen) atoms. The predicted molar refractivity (Wildman–Crippen MR) is 67.9 cm³/mol. The summed E-state index contributed by atoms with van der Waals surface area (Å²) >= 11 is 0. The summed E-state index contributed by atoms with van der Waals surface area (Å²) in [5, 5.41) is 10.1. The van der Waals surface area contributed by atoms with Crippen molar-refractivity contribution in [2.75, 3.05) is 26.2 Å². The zero-order chi connectivity index (χ0) is 13.8. The summed E-state index contributed by atoms with van der Waals surface area (Å²) in [4.78, 5) is 2.17. The standard InChI is InChI=1S/C14H19F2NO2/c1-2-17-6-7-19-13(9-17)12(18)8-10-4-3-5-11(15)14(10)16/h3-5,12-13,18H,2,6-9H2,1H3. The summed E-state index contributed by atoms with van der Waals surface area (Å²) in [7, 11) is 0. The Morgan fingerprint density at radius 3 is 3.00 bits per heavy atom. The largest absolute Gasteiger partial charge is 0.390 e. The lowest BCUT2D eigenvalue weighted by Crippen LogP contribution is -2.48. The van der Waals surface area contributed by atoms with Crippen LogP contribution in [0.1, 0.15) is 12.5 Å². The van der Waals surface area contributed by atoms with Crippen molar-refractivity contribution in [1.29, 1.82) is 0 Å². The van der Waals surface area contributed by atoms with Gasteiger partial charge in [0.25, 0.3) is 0 Å². The Kier molecular flexibility index (Phi) is 4.85. The first-order valence-corrected chi connectivity index (χ1v) is 6.56. The summed E-state index contributed by atoms with van der Waals surface area (Å²) in [5.41, 5.74) is 0.185. The number of morpholine rings is 1. The Morgan fingerprint density at radius 2 is 2.26 bits per heavy atom. The third-order valence-electron chi connectivity index (χ3n) is 3.51. The van der Waals surface area contributed by atoms with E-state index in [2.05, 4.69) is 4.90 Å². The van der Waals surface area contributed by atoms with Crippen LogP contribution in [0, 0.1) is 11.6 Å². The lowest BCUT2D eigenvalue weighted by Gasteiger charge is -2.34. The smallest absolute Gasteiger partial charge is 0.162 e.